The highest BCUT2D eigenvalue weighted by Gasteiger charge is 2.14. The molecule has 0 spiro atoms. The van der Waals surface area contributed by atoms with Crippen LogP contribution in [0.25, 0.3) is 0 Å². The molecule has 14 heavy (non-hydrogen) atoms. The van der Waals surface area contributed by atoms with E-state index in [4.69, 9.17) is 11.0 Å². The molecule has 0 fully saturated rings. The molecular formula is C10H14N4. The first kappa shape index (κ1) is 10.5. The maximum absolute atomic E-state index is 8.58. The number of rotatable bonds is 3. The van der Waals surface area contributed by atoms with E-state index in [-0.39, 0.29) is 5.54 Å². The average Bonchev–Trinajstić information content (AvgIpc) is 2.19. The normalized spacial score (nSPS) is 10.7. The lowest BCUT2D eigenvalue weighted by atomic mass is 10.1. The number of nitrogens with one attached hydrogen (secondary N) is 1. The van der Waals surface area contributed by atoms with Crippen LogP contribution in [0, 0.1) is 11.3 Å². The van der Waals surface area contributed by atoms with Crippen molar-refractivity contribution in [2.45, 2.75) is 19.4 Å². The van der Waals surface area contributed by atoms with E-state index >= 15 is 0 Å². The van der Waals surface area contributed by atoms with Crippen LogP contribution in [0.3, 0.4) is 0 Å². The highest BCUT2D eigenvalue weighted by Crippen LogP contribution is 2.11. The lowest BCUT2D eigenvalue weighted by molar-refractivity contribution is 0.577. The summed E-state index contributed by atoms with van der Waals surface area (Å²) in [5.41, 5.74) is 5.94. The van der Waals surface area contributed by atoms with E-state index in [2.05, 4.69) is 10.3 Å². The molecule has 0 saturated carbocycles. The van der Waals surface area contributed by atoms with Crippen molar-refractivity contribution in [3.05, 3.63) is 23.9 Å². The molecule has 0 aliphatic carbocycles. The largest absolute Gasteiger partial charge is 0.364 e. The summed E-state index contributed by atoms with van der Waals surface area (Å²) in [6.45, 7) is 4.51. The number of nitriles is 1. The molecule has 4 nitrogen and oxygen atoms in total. The second kappa shape index (κ2) is 4.07. The smallest absolute Gasteiger partial charge is 0.126 e. The lowest BCUT2D eigenvalue weighted by Gasteiger charge is -2.24. The molecule has 0 radical (unpaired) electrons. The SMILES string of the molecule is CC(C)(CN)Nc1ccc(C#N)cn1. The first-order valence-electron chi connectivity index (χ1n) is 4.42. The number of nitrogens with zero attached hydrogens (tertiary/aromatic N) is 2. The van der Waals surface area contributed by atoms with E-state index in [9.17, 15) is 0 Å². The van der Waals surface area contributed by atoms with E-state index in [1.54, 1.807) is 12.1 Å². The van der Waals surface area contributed by atoms with Crippen LogP contribution in [0.4, 0.5) is 5.82 Å². The topological polar surface area (TPSA) is 74.7 Å². The number of anilines is 1. The van der Waals surface area contributed by atoms with Crippen LogP contribution in [0.2, 0.25) is 0 Å². The Balaban J connectivity index is 2.75. The third-order valence-electron chi connectivity index (χ3n) is 1.87. The molecule has 0 bridgehead atoms. The Morgan fingerprint density at radius 3 is 2.71 bits per heavy atom. The van der Waals surface area contributed by atoms with Crippen LogP contribution in [0.5, 0.6) is 0 Å². The molecule has 74 valence electrons. The van der Waals surface area contributed by atoms with Crippen LogP contribution in [-0.4, -0.2) is 17.1 Å². The second-order valence-electron chi connectivity index (χ2n) is 3.76. The van der Waals surface area contributed by atoms with Gasteiger partial charge in [0.2, 0.25) is 0 Å². The molecule has 0 aromatic carbocycles. The van der Waals surface area contributed by atoms with Crippen molar-refractivity contribution >= 4 is 5.82 Å². The molecule has 0 unspecified atom stereocenters. The van der Waals surface area contributed by atoms with Gasteiger partial charge in [-0.1, -0.05) is 0 Å². The van der Waals surface area contributed by atoms with Gasteiger partial charge in [0.05, 0.1) is 5.56 Å². The maximum atomic E-state index is 8.58. The zero-order chi connectivity index (χ0) is 10.6. The summed E-state index contributed by atoms with van der Waals surface area (Å²) in [5, 5.41) is 11.8. The Hall–Kier alpha value is -1.60. The van der Waals surface area contributed by atoms with Gasteiger partial charge in [-0.05, 0) is 26.0 Å². The Morgan fingerprint density at radius 1 is 1.57 bits per heavy atom. The van der Waals surface area contributed by atoms with Gasteiger partial charge in [-0.15, -0.1) is 0 Å². The number of pyridine rings is 1. The molecule has 0 aliphatic heterocycles. The van der Waals surface area contributed by atoms with Gasteiger partial charge >= 0.3 is 0 Å². The van der Waals surface area contributed by atoms with Crippen LogP contribution in [0.15, 0.2) is 18.3 Å². The number of hydrogen-bond acceptors (Lipinski definition) is 4. The predicted octanol–water partition coefficient (Wildman–Crippen LogP) is 1.10. The summed E-state index contributed by atoms with van der Waals surface area (Å²) in [7, 11) is 0. The fourth-order valence-electron chi connectivity index (χ4n) is 0.932. The summed E-state index contributed by atoms with van der Waals surface area (Å²) >= 11 is 0. The average molecular weight is 190 g/mol. The van der Waals surface area contributed by atoms with E-state index < -0.39 is 0 Å². The Labute approximate surface area is 83.8 Å². The lowest BCUT2D eigenvalue weighted by Crippen LogP contribution is -2.39. The number of hydrogen-bond donors (Lipinski definition) is 2. The zero-order valence-corrected chi connectivity index (χ0v) is 8.41. The molecule has 0 amide bonds. The Bertz CT molecular complexity index is 334. The molecule has 0 aliphatic rings. The van der Waals surface area contributed by atoms with Crippen molar-refractivity contribution in [3.8, 4) is 6.07 Å². The summed E-state index contributed by atoms with van der Waals surface area (Å²) in [6, 6.07) is 5.51. The summed E-state index contributed by atoms with van der Waals surface area (Å²) in [4.78, 5) is 4.09. The standard InChI is InChI=1S/C10H14N4/c1-10(2,7-12)14-9-4-3-8(5-11)6-13-9/h3-4,6H,7,12H2,1-2H3,(H,13,14). The van der Waals surface area contributed by atoms with E-state index in [0.717, 1.165) is 5.82 Å². The zero-order valence-electron chi connectivity index (χ0n) is 8.41. The molecule has 1 aromatic heterocycles. The van der Waals surface area contributed by atoms with Gasteiger partial charge < -0.3 is 11.1 Å². The van der Waals surface area contributed by atoms with Crippen LogP contribution in [0.1, 0.15) is 19.4 Å². The molecule has 0 saturated heterocycles. The van der Waals surface area contributed by atoms with Crippen molar-refractivity contribution < 1.29 is 0 Å². The summed E-state index contributed by atoms with van der Waals surface area (Å²) in [5.74, 6) is 0.736. The summed E-state index contributed by atoms with van der Waals surface area (Å²) in [6.07, 6.45) is 1.54. The molecule has 4 heteroatoms. The van der Waals surface area contributed by atoms with E-state index in [1.807, 2.05) is 19.9 Å². The Morgan fingerprint density at radius 2 is 2.29 bits per heavy atom. The number of aromatic nitrogens is 1. The van der Waals surface area contributed by atoms with Gasteiger partial charge in [-0.25, -0.2) is 4.98 Å². The second-order valence-corrected chi connectivity index (χ2v) is 3.76. The fraction of sp³-hybridized carbons (Fsp3) is 0.400. The van der Waals surface area contributed by atoms with Gasteiger partial charge in [0, 0.05) is 18.3 Å². The highest BCUT2D eigenvalue weighted by molar-refractivity contribution is 5.40. The minimum atomic E-state index is -0.179. The van der Waals surface area contributed by atoms with Gasteiger partial charge in [-0.3, -0.25) is 0 Å². The van der Waals surface area contributed by atoms with Gasteiger partial charge in [-0.2, -0.15) is 5.26 Å². The van der Waals surface area contributed by atoms with Gasteiger partial charge in [0.25, 0.3) is 0 Å². The van der Waals surface area contributed by atoms with Crippen molar-refractivity contribution in [1.82, 2.24) is 4.98 Å². The molecule has 1 rings (SSSR count). The third-order valence-corrected chi connectivity index (χ3v) is 1.87. The maximum Gasteiger partial charge on any atom is 0.126 e. The molecule has 3 N–H and O–H groups in total. The van der Waals surface area contributed by atoms with Gasteiger partial charge in [0.1, 0.15) is 11.9 Å². The molecule has 1 heterocycles. The van der Waals surface area contributed by atoms with Crippen molar-refractivity contribution in [1.29, 1.82) is 5.26 Å². The van der Waals surface area contributed by atoms with Gasteiger partial charge in [0.15, 0.2) is 0 Å². The molecule has 0 atom stereocenters. The van der Waals surface area contributed by atoms with Crippen LogP contribution < -0.4 is 11.1 Å². The van der Waals surface area contributed by atoms with Crippen LogP contribution >= 0.6 is 0 Å². The van der Waals surface area contributed by atoms with Crippen LogP contribution in [-0.2, 0) is 0 Å². The molecular weight excluding hydrogens is 176 g/mol. The first-order valence-corrected chi connectivity index (χ1v) is 4.42. The fourth-order valence-corrected chi connectivity index (χ4v) is 0.932. The quantitative estimate of drug-likeness (QED) is 0.748. The first-order chi connectivity index (χ1) is 6.57. The third kappa shape index (κ3) is 2.71. The minimum Gasteiger partial charge on any atom is -0.364 e. The summed E-state index contributed by atoms with van der Waals surface area (Å²) < 4.78 is 0. The minimum absolute atomic E-state index is 0.179. The monoisotopic (exact) mass is 190 g/mol. The number of nitrogens with two attached hydrogens (primary N) is 1. The van der Waals surface area contributed by atoms with Crippen molar-refractivity contribution in [2.24, 2.45) is 5.73 Å². The van der Waals surface area contributed by atoms with E-state index in [0.29, 0.717) is 12.1 Å². The molecule has 1 aromatic rings. The highest BCUT2D eigenvalue weighted by atomic mass is 15.1. The predicted molar refractivity (Wildman–Crippen MR) is 55.7 cm³/mol. The Kier molecular flexibility index (Phi) is 3.05. The van der Waals surface area contributed by atoms with E-state index in [1.165, 1.54) is 6.20 Å². The van der Waals surface area contributed by atoms with Crippen molar-refractivity contribution in [2.75, 3.05) is 11.9 Å². The van der Waals surface area contributed by atoms with Crippen molar-refractivity contribution in [3.63, 3.8) is 0 Å².